The summed E-state index contributed by atoms with van der Waals surface area (Å²) in [5, 5.41) is 20.4. The lowest BCUT2D eigenvalue weighted by Gasteiger charge is -2.16. The zero-order valence-electron chi connectivity index (χ0n) is 12.0. The van der Waals surface area contributed by atoms with Crippen molar-refractivity contribution in [2.24, 2.45) is 0 Å². The first-order valence-corrected chi connectivity index (χ1v) is 7.71. The van der Waals surface area contributed by atoms with Gasteiger partial charge in [0.1, 0.15) is 23.8 Å². The molecular weight excluding hydrogens is 326 g/mol. The molecule has 1 saturated carbocycles. The van der Waals surface area contributed by atoms with Crippen molar-refractivity contribution in [3.63, 3.8) is 0 Å². The van der Waals surface area contributed by atoms with E-state index in [1.54, 1.807) is 0 Å². The largest absolute Gasteiger partial charge is 0.387 e. The van der Waals surface area contributed by atoms with E-state index >= 15 is 0 Å². The second-order valence-corrected chi connectivity index (χ2v) is 6.12. The summed E-state index contributed by atoms with van der Waals surface area (Å²) in [6, 6.07) is 0. The molecule has 2 aromatic rings. The predicted octanol–water partition coefficient (Wildman–Crippen LogP) is -0.140. The second-order valence-electron chi connectivity index (χ2n) is 5.78. The molecule has 124 valence electrons. The number of aromatic nitrogens is 4. The molecule has 2 aliphatic rings. The summed E-state index contributed by atoms with van der Waals surface area (Å²) in [5.74, 6) is 0.139. The highest BCUT2D eigenvalue weighted by molar-refractivity contribution is 6.28. The third-order valence-corrected chi connectivity index (χ3v) is 4.22. The van der Waals surface area contributed by atoms with Gasteiger partial charge in [-0.2, -0.15) is 9.97 Å². The number of anilines is 1. The summed E-state index contributed by atoms with van der Waals surface area (Å²) in [7, 11) is 0. The molecule has 0 radical (unpaired) electrons. The third kappa shape index (κ3) is 2.64. The molecule has 10 heteroatoms. The van der Waals surface area contributed by atoms with Gasteiger partial charge in [-0.1, -0.05) is 0 Å². The van der Waals surface area contributed by atoms with Crippen LogP contribution >= 0.6 is 11.6 Å². The second kappa shape index (κ2) is 5.53. The number of nitrogens with zero attached hydrogens (tertiary/aromatic N) is 4. The molecule has 2 aromatic heterocycles. The minimum atomic E-state index is -1.14. The minimum absolute atomic E-state index is 0.0293. The molecule has 4 rings (SSSR count). The van der Waals surface area contributed by atoms with E-state index in [1.807, 2.05) is 0 Å². The van der Waals surface area contributed by atoms with Crippen molar-refractivity contribution in [1.82, 2.24) is 19.5 Å². The fourth-order valence-corrected chi connectivity index (χ4v) is 2.83. The maximum atomic E-state index is 10.3. The monoisotopic (exact) mass is 341 g/mol. The Morgan fingerprint density at radius 1 is 1.35 bits per heavy atom. The molecule has 1 aliphatic heterocycles. The Labute approximate surface area is 136 Å². The third-order valence-electron chi connectivity index (χ3n) is 4.05. The molecule has 1 saturated heterocycles. The average Bonchev–Trinajstić information content (AvgIpc) is 3.18. The van der Waals surface area contributed by atoms with Crippen LogP contribution in [0.25, 0.3) is 11.2 Å². The Morgan fingerprint density at radius 2 is 2.13 bits per heavy atom. The van der Waals surface area contributed by atoms with Crippen LogP contribution in [0.15, 0.2) is 6.33 Å². The van der Waals surface area contributed by atoms with Gasteiger partial charge in [0, 0.05) is 0 Å². The fraction of sp³-hybridized carbons (Fsp3) is 0.615. The highest BCUT2D eigenvalue weighted by Crippen LogP contribution is 2.33. The Hall–Kier alpha value is -1.52. The van der Waals surface area contributed by atoms with Gasteiger partial charge < -0.3 is 25.4 Å². The van der Waals surface area contributed by atoms with Crippen LogP contribution in [0.3, 0.4) is 0 Å². The van der Waals surface area contributed by atoms with Gasteiger partial charge in [0.05, 0.1) is 19.0 Å². The SMILES string of the molecule is Nc1nc(Cl)nc2c1ncn2[C@@H]1O[C@H](COC2CC2)C(O)C1O. The van der Waals surface area contributed by atoms with E-state index in [1.165, 1.54) is 10.9 Å². The number of imidazole rings is 1. The van der Waals surface area contributed by atoms with Crippen molar-refractivity contribution < 1.29 is 19.7 Å². The van der Waals surface area contributed by atoms with E-state index in [0.29, 0.717) is 11.2 Å². The Balaban J connectivity index is 1.62. The van der Waals surface area contributed by atoms with Crippen LogP contribution in [0.2, 0.25) is 5.28 Å². The van der Waals surface area contributed by atoms with E-state index < -0.39 is 24.5 Å². The van der Waals surface area contributed by atoms with Crippen LogP contribution < -0.4 is 5.73 Å². The summed E-state index contributed by atoms with van der Waals surface area (Å²) in [6.07, 6.45) is 0.0292. The number of nitrogens with two attached hydrogens (primary N) is 1. The van der Waals surface area contributed by atoms with Gasteiger partial charge in [-0.25, -0.2) is 4.98 Å². The van der Waals surface area contributed by atoms with Gasteiger partial charge in [0.2, 0.25) is 5.28 Å². The summed E-state index contributed by atoms with van der Waals surface area (Å²) in [4.78, 5) is 12.0. The number of aliphatic hydroxyl groups excluding tert-OH is 2. The molecule has 3 heterocycles. The summed E-state index contributed by atoms with van der Waals surface area (Å²) in [6.45, 7) is 0.226. The number of fused-ring (bicyclic) bond motifs is 1. The number of ether oxygens (including phenoxy) is 2. The van der Waals surface area contributed by atoms with E-state index in [0.717, 1.165) is 12.8 Å². The predicted molar refractivity (Wildman–Crippen MR) is 79.6 cm³/mol. The van der Waals surface area contributed by atoms with Gasteiger partial charge in [0.25, 0.3) is 0 Å². The first-order valence-electron chi connectivity index (χ1n) is 7.33. The van der Waals surface area contributed by atoms with Crippen LogP contribution in [0.4, 0.5) is 5.82 Å². The van der Waals surface area contributed by atoms with Crippen LogP contribution in [0, 0.1) is 0 Å². The van der Waals surface area contributed by atoms with Crippen molar-refractivity contribution in [3.8, 4) is 0 Å². The standard InChI is InChI=1S/C13H16ClN5O4/c14-13-17-10(15)7-11(18-13)19(4-16-7)12-9(21)8(20)6(23-12)3-22-5-1-2-5/h4-6,8-9,12,20-21H,1-3H2,(H2,15,17,18)/t6-,8?,9?,12-/m1/s1. The molecule has 23 heavy (non-hydrogen) atoms. The maximum Gasteiger partial charge on any atom is 0.226 e. The minimum Gasteiger partial charge on any atom is -0.387 e. The number of nitrogen functional groups attached to an aromatic ring is 1. The lowest BCUT2D eigenvalue weighted by molar-refractivity contribution is -0.0682. The van der Waals surface area contributed by atoms with Crippen molar-refractivity contribution in [2.75, 3.05) is 12.3 Å². The Bertz CT molecular complexity index is 736. The quantitative estimate of drug-likeness (QED) is 0.655. The molecule has 4 N–H and O–H groups in total. The molecule has 9 nitrogen and oxygen atoms in total. The smallest absolute Gasteiger partial charge is 0.226 e. The molecule has 4 atom stereocenters. The first-order chi connectivity index (χ1) is 11.0. The van der Waals surface area contributed by atoms with Crippen molar-refractivity contribution >= 4 is 28.6 Å². The molecule has 2 fully saturated rings. The fourth-order valence-electron chi connectivity index (χ4n) is 2.66. The number of hydrogen-bond donors (Lipinski definition) is 3. The van der Waals surface area contributed by atoms with Gasteiger partial charge in [-0.15, -0.1) is 0 Å². The lowest BCUT2D eigenvalue weighted by Crippen LogP contribution is -2.34. The van der Waals surface area contributed by atoms with Gasteiger partial charge in [0.15, 0.2) is 17.7 Å². The summed E-state index contributed by atoms with van der Waals surface area (Å²) < 4.78 is 12.8. The van der Waals surface area contributed by atoms with Crippen LogP contribution in [0.5, 0.6) is 0 Å². The van der Waals surface area contributed by atoms with E-state index in [9.17, 15) is 10.2 Å². The zero-order chi connectivity index (χ0) is 16.1. The first kappa shape index (κ1) is 15.0. The van der Waals surface area contributed by atoms with Crippen molar-refractivity contribution in [1.29, 1.82) is 0 Å². The van der Waals surface area contributed by atoms with Gasteiger partial charge >= 0.3 is 0 Å². The molecule has 0 spiro atoms. The summed E-state index contributed by atoms with van der Waals surface area (Å²) >= 11 is 5.83. The molecule has 0 aromatic carbocycles. The van der Waals surface area contributed by atoms with E-state index in [2.05, 4.69) is 15.0 Å². The zero-order valence-corrected chi connectivity index (χ0v) is 12.8. The van der Waals surface area contributed by atoms with Crippen LogP contribution in [0.1, 0.15) is 19.1 Å². The Kier molecular flexibility index (Phi) is 3.62. The highest BCUT2D eigenvalue weighted by atomic mass is 35.5. The van der Waals surface area contributed by atoms with Crippen LogP contribution in [-0.4, -0.2) is 60.8 Å². The number of hydrogen-bond acceptors (Lipinski definition) is 8. The normalized spacial score (nSPS) is 31.1. The Morgan fingerprint density at radius 3 is 2.87 bits per heavy atom. The number of rotatable bonds is 4. The van der Waals surface area contributed by atoms with Gasteiger partial charge in [-0.3, -0.25) is 4.57 Å². The maximum absolute atomic E-state index is 10.3. The molecule has 0 amide bonds. The molecular formula is C13H16ClN5O4. The molecule has 2 unspecified atom stereocenters. The topological polar surface area (TPSA) is 129 Å². The average molecular weight is 342 g/mol. The van der Waals surface area contributed by atoms with Crippen molar-refractivity contribution in [2.45, 2.75) is 43.5 Å². The number of aliphatic hydroxyl groups is 2. The van der Waals surface area contributed by atoms with Gasteiger partial charge in [-0.05, 0) is 24.4 Å². The summed E-state index contributed by atoms with van der Waals surface area (Å²) in [5.41, 5.74) is 6.46. The lowest BCUT2D eigenvalue weighted by atomic mass is 10.1. The van der Waals surface area contributed by atoms with E-state index in [4.69, 9.17) is 26.8 Å². The molecule has 1 aliphatic carbocycles. The molecule has 0 bridgehead atoms. The van der Waals surface area contributed by atoms with Crippen LogP contribution in [-0.2, 0) is 9.47 Å². The number of halogens is 1. The highest BCUT2D eigenvalue weighted by Gasteiger charge is 2.45. The van der Waals surface area contributed by atoms with E-state index in [-0.39, 0.29) is 23.8 Å². The van der Waals surface area contributed by atoms with Crippen molar-refractivity contribution in [3.05, 3.63) is 11.6 Å².